The summed E-state index contributed by atoms with van der Waals surface area (Å²) in [5.74, 6) is 1.04. The maximum atomic E-state index is 9.87. The molecule has 0 bridgehead atoms. The number of hydrogen-bond acceptors (Lipinski definition) is 2. The van der Waals surface area contributed by atoms with E-state index in [0.29, 0.717) is 36.0 Å². The molecule has 2 aromatic rings. The van der Waals surface area contributed by atoms with Gasteiger partial charge in [-0.1, -0.05) is 65.2 Å². The standard InChI is InChI=1S/C12H24N4.2C11H13N.F6P.Ir/c1-7-5-15-11(3-9(7)13)12-4-10(14)8(2)6-16-12;2*1-2-6-10(7-3-1)11-8-4-5-9-12-11;1-7(2,3,4,5)6;/h7-12H,3-6,13-14H2,1-2H3;2*1-3,6,11H,4-5,8-9H2;;/q3*-2;-1;. The Labute approximate surface area is 296 Å². The minimum Gasteiger partial charge on any atom is -0.657 e. The number of nitrogens with two attached hydrogens (primary N) is 2. The Morgan fingerprint density at radius 1 is 0.625 bits per heavy atom. The molecule has 14 heteroatoms. The third kappa shape index (κ3) is 18.2. The SMILES string of the molecule is CC1C[N-]C(C2CC(N)C(C)C[N-]2)CC1N.F[P-](F)(F)(F)(F)F.[Ir].[c-]1ccccc1C1CCCC[N-]1.[c-]1ccccc1C1CCCC[N-]1. The topological polar surface area (TPSA) is 108 Å². The van der Waals surface area contributed by atoms with E-state index in [1.54, 1.807) is 0 Å². The van der Waals surface area contributed by atoms with Gasteiger partial charge in [-0.15, -0.1) is 38.3 Å². The number of piperidine rings is 4. The van der Waals surface area contributed by atoms with E-state index in [1.807, 2.05) is 24.3 Å². The predicted octanol–water partition coefficient (Wildman–Crippen LogP) is 10.8. The van der Waals surface area contributed by atoms with Crippen molar-refractivity contribution in [1.82, 2.24) is 0 Å². The third-order valence-electron chi connectivity index (χ3n) is 8.84. The fraction of sp³-hybridized carbons (Fsp3) is 0.647. The third-order valence-corrected chi connectivity index (χ3v) is 8.84. The average molecular weight is 880 g/mol. The van der Waals surface area contributed by atoms with Gasteiger partial charge >= 0.3 is 33.0 Å². The van der Waals surface area contributed by atoms with Crippen molar-refractivity contribution in [2.75, 3.05) is 26.2 Å². The molecule has 4 heterocycles. The van der Waals surface area contributed by atoms with Gasteiger partial charge in [-0.05, 0) is 11.8 Å². The van der Waals surface area contributed by atoms with E-state index < -0.39 is 7.81 Å². The van der Waals surface area contributed by atoms with Gasteiger partial charge in [-0.25, -0.2) is 0 Å². The molecule has 2 aromatic carbocycles. The van der Waals surface area contributed by atoms with Gasteiger partial charge in [-0.3, -0.25) is 0 Å². The maximum Gasteiger partial charge on any atom is 0 e. The molecule has 8 unspecified atom stereocenters. The summed E-state index contributed by atoms with van der Waals surface area (Å²) in [6.07, 6.45) is 9.55. The average Bonchev–Trinajstić information content (AvgIpc) is 3.05. The predicted molar refractivity (Wildman–Crippen MR) is 181 cm³/mol. The molecule has 0 amide bonds. The number of nitrogens with zero attached hydrogens (tertiary/aromatic N) is 4. The first-order valence-corrected chi connectivity index (χ1v) is 18.7. The second-order valence-electron chi connectivity index (χ2n) is 13.0. The maximum absolute atomic E-state index is 10.7. The van der Waals surface area contributed by atoms with Crippen molar-refractivity contribution in [3.8, 4) is 0 Å². The first-order chi connectivity index (χ1) is 22.0. The van der Waals surface area contributed by atoms with Crippen molar-refractivity contribution in [3.05, 3.63) is 93.1 Å². The Morgan fingerprint density at radius 2 is 1.00 bits per heavy atom. The minimum atomic E-state index is -10.7. The van der Waals surface area contributed by atoms with Crippen LogP contribution in [0.5, 0.6) is 0 Å². The molecule has 279 valence electrons. The first kappa shape index (κ1) is 43.0. The zero-order chi connectivity index (χ0) is 34.6. The van der Waals surface area contributed by atoms with Crippen LogP contribution in [-0.4, -0.2) is 50.3 Å². The van der Waals surface area contributed by atoms with Crippen LogP contribution in [0.3, 0.4) is 0 Å². The Bertz CT molecular complexity index is 1070. The summed E-state index contributed by atoms with van der Waals surface area (Å²) < 4.78 is 59.2. The molecule has 0 spiro atoms. The van der Waals surface area contributed by atoms with Crippen LogP contribution >= 0.6 is 7.81 Å². The molecule has 0 saturated carbocycles. The Balaban J connectivity index is 0.000000229. The summed E-state index contributed by atoms with van der Waals surface area (Å²) >= 11 is 0. The normalized spacial score (nSPS) is 32.0. The first-order valence-electron chi connectivity index (χ1n) is 16.6. The van der Waals surface area contributed by atoms with Gasteiger partial charge in [0.25, 0.3) is 0 Å². The van der Waals surface area contributed by atoms with Crippen LogP contribution in [0.1, 0.15) is 88.4 Å². The smallest absolute Gasteiger partial charge is 0 e. The Hall–Kier alpha value is -1.14. The quantitative estimate of drug-likeness (QED) is 0.182. The van der Waals surface area contributed by atoms with E-state index in [9.17, 15) is 25.2 Å². The molecule has 0 aliphatic carbocycles. The van der Waals surface area contributed by atoms with Crippen molar-refractivity contribution < 1.29 is 45.3 Å². The zero-order valence-corrected chi connectivity index (χ0v) is 31.0. The fourth-order valence-electron chi connectivity index (χ4n) is 5.92. The molecule has 4 fully saturated rings. The van der Waals surface area contributed by atoms with Crippen LogP contribution in [0.15, 0.2) is 48.5 Å². The van der Waals surface area contributed by atoms with Crippen LogP contribution < -0.4 is 11.5 Å². The van der Waals surface area contributed by atoms with Crippen molar-refractivity contribution in [2.24, 2.45) is 23.3 Å². The van der Waals surface area contributed by atoms with Crippen LogP contribution in [-0.2, 0) is 20.1 Å². The van der Waals surface area contributed by atoms with Crippen LogP contribution in [0.25, 0.3) is 21.3 Å². The van der Waals surface area contributed by atoms with Gasteiger partial charge in [0.05, 0.1) is 0 Å². The molecule has 6 rings (SSSR count). The van der Waals surface area contributed by atoms with Crippen LogP contribution in [0.4, 0.5) is 25.2 Å². The molecule has 6 nitrogen and oxygen atoms in total. The summed E-state index contributed by atoms with van der Waals surface area (Å²) in [6, 6.07) is 24.9. The summed E-state index contributed by atoms with van der Waals surface area (Å²) in [6.45, 7) is 8.21. The molecular weight excluding hydrogens is 830 g/mol. The number of hydrogen-bond donors (Lipinski definition) is 2. The largest absolute Gasteiger partial charge is 0.657 e. The van der Waals surface area contributed by atoms with Gasteiger partial charge < -0.3 is 32.7 Å². The van der Waals surface area contributed by atoms with Crippen molar-refractivity contribution in [2.45, 2.75) is 101 Å². The van der Waals surface area contributed by atoms with Crippen molar-refractivity contribution >= 4 is 7.81 Å². The van der Waals surface area contributed by atoms with Gasteiger partial charge in [0, 0.05) is 32.2 Å². The van der Waals surface area contributed by atoms with E-state index in [-0.39, 0.29) is 32.2 Å². The van der Waals surface area contributed by atoms with E-state index >= 15 is 0 Å². The summed E-state index contributed by atoms with van der Waals surface area (Å²) in [5.41, 5.74) is 14.7. The van der Waals surface area contributed by atoms with Crippen molar-refractivity contribution in [1.29, 1.82) is 0 Å². The zero-order valence-electron chi connectivity index (χ0n) is 27.7. The molecular formula is C34H50F6IrN6P-7. The number of halogens is 6. The Morgan fingerprint density at radius 3 is 1.27 bits per heavy atom. The minimum absolute atomic E-state index is 0. The van der Waals surface area contributed by atoms with Gasteiger partial charge in [0.2, 0.25) is 0 Å². The summed E-state index contributed by atoms with van der Waals surface area (Å²) in [5, 5.41) is 18.6. The van der Waals surface area contributed by atoms with E-state index in [0.717, 1.165) is 39.0 Å². The second kappa shape index (κ2) is 18.9. The van der Waals surface area contributed by atoms with Gasteiger partial charge in [-0.2, -0.15) is 83.9 Å². The number of rotatable bonds is 3. The van der Waals surface area contributed by atoms with E-state index in [2.05, 4.69) is 60.9 Å². The molecule has 0 aromatic heterocycles. The molecule has 48 heavy (non-hydrogen) atoms. The number of benzene rings is 2. The van der Waals surface area contributed by atoms with E-state index in [4.69, 9.17) is 22.1 Å². The molecule has 8 atom stereocenters. The van der Waals surface area contributed by atoms with Gasteiger partial charge in [0.15, 0.2) is 0 Å². The molecule has 4 N–H and O–H groups in total. The van der Waals surface area contributed by atoms with Crippen LogP contribution in [0, 0.1) is 24.0 Å². The Kier molecular flexibility index (Phi) is 16.9. The monoisotopic (exact) mass is 880 g/mol. The fourth-order valence-corrected chi connectivity index (χ4v) is 5.92. The molecule has 4 aliphatic heterocycles. The van der Waals surface area contributed by atoms with E-state index in [1.165, 1.54) is 49.7 Å². The van der Waals surface area contributed by atoms with Crippen LogP contribution in [0.2, 0.25) is 0 Å². The second-order valence-corrected chi connectivity index (χ2v) is 15.0. The molecule has 4 saturated heterocycles. The van der Waals surface area contributed by atoms with Gasteiger partial charge in [0.1, 0.15) is 0 Å². The molecule has 4 aliphatic rings. The summed E-state index contributed by atoms with van der Waals surface area (Å²) in [4.78, 5) is 0. The molecule has 1 radical (unpaired) electrons. The summed E-state index contributed by atoms with van der Waals surface area (Å²) in [7, 11) is -10.7. The van der Waals surface area contributed by atoms with Crippen molar-refractivity contribution in [3.63, 3.8) is 0 Å².